The summed E-state index contributed by atoms with van der Waals surface area (Å²) < 4.78 is 0. The number of amides is 1. The van der Waals surface area contributed by atoms with Gasteiger partial charge >= 0.3 is 5.97 Å². The van der Waals surface area contributed by atoms with Crippen LogP contribution in [-0.2, 0) is 9.59 Å². The zero-order chi connectivity index (χ0) is 10.6. The Morgan fingerprint density at radius 3 is 2.23 bits per heavy atom. The Bertz CT molecular complexity index is 229. The molecule has 0 aromatic carbocycles. The SMILES string of the molecule is CC(=O)N(C(CS)C(=O)O)[N+](=O)[O-]. The molecule has 0 heterocycles. The van der Waals surface area contributed by atoms with Crippen molar-refractivity contribution in [2.75, 3.05) is 5.75 Å². The highest BCUT2D eigenvalue weighted by Gasteiger charge is 2.35. The number of aliphatic carboxylic acids is 1. The van der Waals surface area contributed by atoms with Crippen LogP contribution in [-0.4, -0.2) is 38.8 Å². The number of nitro groups is 1. The zero-order valence-electron chi connectivity index (χ0n) is 6.71. The highest BCUT2D eigenvalue weighted by Crippen LogP contribution is 2.03. The van der Waals surface area contributed by atoms with Gasteiger partial charge in [0.25, 0.3) is 5.91 Å². The van der Waals surface area contributed by atoms with Gasteiger partial charge in [-0.25, -0.2) is 14.9 Å². The van der Waals surface area contributed by atoms with Crippen LogP contribution < -0.4 is 0 Å². The van der Waals surface area contributed by atoms with Crippen molar-refractivity contribution in [2.45, 2.75) is 13.0 Å². The first-order valence-corrected chi connectivity index (χ1v) is 3.82. The van der Waals surface area contributed by atoms with Crippen LogP contribution >= 0.6 is 12.6 Å². The summed E-state index contributed by atoms with van der Waals surface area (Å²) in [6.45, 7) is 0.919. The van der Waals surface area contributed by atoms with Crippen molar-refractivity contribution in [1.29, 1.82) is 0 Å². The fourth-order valence-electron chi connectivity index (χ4n) is 0.708. The van der Waals surface area contributed by atoms with E-state index in [1.807, 2.05) is 0 Å². The molecule has 74 valence electrons. The van der Waals surface area contributed by atoms with Crippen molar-refractivity contribution >= 4 is 24.5 Å². The summed E-state index contributed by atoms with van der Waals surface area (Å²) in [6, 6.07) is -1.53. The van der Waals surface area contributed by atoms with Gasteiger partial charge in [-0.2, -0.15) is 12.6 Å². The number of carboxylic acid groups (broad SMARTS) is 1. The first-order valence-electron chi connectivity index (χ1n) is 3.19. The van der Waals surface area contributed by atoms with E-state index in [1.165, 1.54) is 0 Å². The molecule has 0 aliphatic rings. The number of nitrogens with zero attached hydrogens (tertiary/aromatic N) is 2. The fraction of sp³-hybridized carbons (Fsp3) is 0.600. The molecule has 0 aromatic heterocycles. The van der Waals surface area contributed by atoms with Crippen LogP contribution in [0.2, 0.25) is 0 Å². The standard InChI is InChI=1S/C5H8N2O5S/c1-3(8)6(7(11)12)4(2-13)5(9)10/h4,13H,2H2,1H3,(H,9,10). The molecule has 1 unspecified atom stereocenters. The van der Waals surface area contributed by atoms with Gasteiger partial charge in [-0.05, 0) is 5.01 Å². The summed E-state index contributed by atoms with van der Waals surface area (Å²) >= 11 is 3.60. The normalized spacial score (nSPS) is 11.8. The molecule has 0 aromatic rings. The predicted octanol–water partition coefficient (Wildman–Crippen LogP) is -0.590. The lowest BCUT2D eigenvalue weighted by atomic mass is 10.3. The molecular weight excluding hydrogens is 200 g/mol. The van der Waals surface area contributed by atoms with Crippen molar-refractivity contribution in [2.24, 2.45) is 0 Å². The first kappa shape index (κ1) is 11.7. The number of carboxylic acids is 1. The van der Waals surface area contributed by atoms with E-state index in [9.17, 15) is 19.7 Å². The molecule has 1 amide bonds. The number of thiol groups is 1. The number of carbonyl (C=O) groups is 2. The molecule has 0 radical (unpaired) electrons. The Balaban J connectivity index is 4.80. The van der Waals surface area contributed by atoms with Crippen molar-refractivity contribution in [3.05, 3.63) is 10.1 Å². The van der Waals surface area contributed by atoms with Crippen molar-refractivity contribution in [1.82, 2.24) is 5.01 Å². The molecule has 1 atom stereocenters. The second-order valence-electron chi connectivity index (χ2n) is 2.14. The fourth-order valence-corrected chi connectivity index (χ4v) is 1.02. The van der Waals surface area contributed by atoms with E-state index >= 15 is 0 Å². The largest absolute Gasteiger partial charge is 0.480 e. The molecule has 0 saturated heterocycles. The number of hydrogen-bond acceptors (Lipinski definition) is 5. The Hall–Kier alpha value is -1.31. The molecule has 0 aliphatic carbocycles. The molecule has 0 aliphatic heterocycles. The Labute approximate surface area is 78.9 Å². The van der Waals surface area contributed by atoms with Crippen LogP contribution in [0.25, 0.3) is 0 Å². The van der Waals surface area contributed by atoms with E-state index in [0.29, 0.717) is 0 Å². The van der Waals surface area contributed by atoms with E-state index < -0.39 is 23.0 Å². The van der Waals surface area contributed by atoms with Gasteiger partial charge in [0, 0.05) is 12.7 Å². The lowest BCUT2D eigenvalue weighted by molar-refractivity contribution is -0.639. The second-order valence-corrected chi connectivity index (χ2v) is 2.50. The maximum Gasteiger partial charge on any atom is 0.333 e. The molecule has 0 bridgehead atoms. The minimum absolute atomic E-state index is 0.0370. The van der Waals surface area contributed by atoms with Crippen LogP contribution in [0.1, 0.15) is 6.92 Å². The Morgan fingerprint density at radius 2 is 2.15 bits per heavy atom. The maximum absolute atomic E-state index is 10.7. The summed E-state index contributed by atoms with van der Waals surface area (Å²) in [5.41, 5.74) is 0. The van der Waals surface area contributed by atoms with Gasteiger partial charge < -0.3 is 5.11 Å². The highest BCUT2D eigenvalue weighted by atomic mass is 32.1. The van der Waals surface area contributed by atoms with E-state index in [4.69, 9.17) is 5.11 Å². The molecule has 0 fully saturated rings. The predicted molar refractivity (Wildman–Crippen MR) is 44.8 cm³/mol. The lowest BCUT2D eigenvalue weighted by Crippen LogP contribution is -2.48. The average Bonchev–Trinajstić information content (AvgIpc) is 1.97. The Morgan fingerprint density at radius 1 is 1.69 bits per heavy atom. The second kappa shape index (κ2) is 4.65. The third-order valence-corrected chi connectivity index (χ3v) is 1.60. The van der Waals surface area contributed by atoms with Gasteiger partial charge in [-0.15, -0.1) is 0 Å². The van der Waals surface area contributed by atoms with Crippen molar-refractivity contribution in [3.8, 4) is 0 Å². The van der Waals surface area contributed by atoms with Gasteiger partial charge in [0.2, 0.25) is 6.04 Å². The smallest absolute Gasteiger partial charge is 0.333 e. The first-order chi connectivity index (χ1) is 5.91. The molecule has 13 heavy (non-hydrogen) atoms. The summed E-state index contributed by atoms with van der Waals surface area (Å²) in [5, 5.41) is 17.7. The van der Waals surface area contributed by atoms with Crippen molar-refractivity contribution in [3.63, 3.8) is 0 Å². The van der Waals surface area contributed by atoms with Crippen LogP contribution in [0.5, 0.6) is 0 Å². The third-order valence-electron chi connectivity index (χ3n) is 1.25. The quantitative estimate of drug-likeness (QED) is 0.365. The van der Waals surface area contributed by atoms with Crippen LogP contribution in [0.4, 0.5) is 0 Å². The van der Waals surface area contributed by atoms with Crippen LogP contribution in [0, 0.1) is 10.1 Å². The minimum Gasteiger partial charge on any atom is -0.480 e. The van der Waals surface area contributed by atoms with E-state index in [-0.39, 0.29) is 10.8 Å². The van der Waals surface area contributed by atoms with Crippen LogP contribution in [0.15, 0.2) is 0 Å². The molecular formula is C5H8N2O5S. The van der Waals surface area contributed by atoms with Gasteiger partial charge in [0.1, 0.15) is 0 Å². The summed E-state index contributed by atoms with van der Waals surface area (Å²) in [6.07, 6.45) is 0. The Kier molecular flexibility index (Phi) is 4.18. The van der Waals surface area contributed by atoms with Gasteiger partial charge in [0.15, 0.2) is 5.03 Å². The summed E-state index contributed by atoms with van der Waals surface area (Å²) in [4.78, 5) is 31.4. The van der Waals surface area contributed by atoms with Crippen molar-refractivity contribution < 1.29 is 19.7 Å². The number of rotatable bonds is 4. The molecule has 0 rings (SSSR count). The molecule has 0 saturated carbocycles. The molecule has 0 spiro atoms. The summed E-state index contributed by atoms with van der Waals surface area (Å²) in [7, 11) is 0. The molecule has 1 N–H and O–H groups in total. The molecule has 8 heteroatoms. The van der Waals surface area contributed by atoms with E-state index in [2.05, 4.69) is 12.6 Å². The average molecular weight is 208 g/mol. The lowest BCUT2D eigenvalue weighted by Gasteiger charge is -2.15. The third kappa shape index (κ3) is 2.90. The minimum atomic E-state index is -1.53. The number of hydrazine groups is 1. The zero-order valence-corrected chi connectivity index (χ0v) is 7.60. The summed E-state index contributed by atoms with van der Waals surface area (Å²) in [5.74, 6) is -2.70. The van der Waals surface area contributed by atoms with Gasteiger partial charge in [0.05, 0.1) is 0 Å². The van der Waals surface area contributed by atoms with E-state index in [0.717, 1.165) is 6.92 Å². The molecule has 7 nitrogen and oxygen atoms in total. The maximum atomic E-state index is 10.7. The topological polar surface area (TPSA) is 101 Å². The number of carbonyl (C=O) groups excluding carboxylic acids is 1. The van der Waals surface area contributed by atoms with E-state index in [1.54, 1.807) is 0 Å². The van der Waals surface area contributed by atoms with Gasteiger partial charge in [-0.3, -0.25) is 4.79 Å². The number of hydrogen-bond donors (Lipinski definition) is 2. The highest BCUT2D eigenvalue weighted by molar-refractivity contribution is 7.80. The van der Waals surface area contributed by atoms with Crippen LogP contribution in [0.3, 0.4) is 0 Å². The van der Waals surface area contributed by atoms with Gasteiger partial charge in [-0.1, -0.05) is 0 Å². The monoisotopic (exact) mass is 208 g/mol.